The van der Waals surface area contributed by atoms with Gasteiger partial charge < -0.3 is 20.4 Å². The molecule has 0 saturated carbocycles. The molecule has 0 aromatic carbocycles. The van der Waals surface area contributed by atoms with Crippen LogP contribution in [0.5, 0.6) is 0 Å². The molecule has 22 heavy (non-hydrogen) atoms. The van der Waals surface area contributed by atoms with Gasteiger partial charge in [-0.15, -0.1) is 0 Å². The lowest BCUT2D eigenvalue weighted by atomic mass is 10.1. The Morgan fingerprint density at radius 3 is 1.77 bits per heavy atom. The van der Waals surface area contributed by atoms with Crippen LogP contribution in [0.4, 0.5) is 0 Å². The number of aliphatic carboxylic acids is 2. The first-order valence-corrected chi connectivity index (χ1v) is 7.64. The quantitative estimate of drug-likeness (QED) is 0.178. The lowest BCUT2D eigenvalue weighted by Crippen LogP contribution is -2.52. The highest BCUT2D eigenvalue weighted by molar-refractivity contribution is 5.74. The molecule has 0 radical (unpaired) electrons. The fourth-order valence-electron chi connectivity index (χ4n) is 1.97. The van der Waals surface area contributed by atoms with Crippen LogP contribution in [0.15, 0.2) is 0 Å². The van der Waals surface area contributed by atoms with E-state index in [0.717, 1.165) is 23.9 Å². The van der Waals surface area contributed by atoms with E-state index in [1.807, 2.05) is 0 Å². The number of unbranched alkanes of at least 4 members (excludes halogenated alkanes) is 1. The van der Waals surface area contributed by atoms with E-state index in [9.17, 15) is 14.7 Å². The number of carboxylic acids is 2. The number of hydrogen-bond donors (Lipinski definition) is 5. The van der Waals surface area contributed by atoms with E-state index in [-0.39, 0.29) is 0 Å². The van der Waals surface area contributed by atoms with Crippen LogP contribution in [-0.2, 0) is 9.59 Å². The molecule has 0 aromatic rings. The Hall–Kier alpha value is -1.22. The lowest BCUT2D eigenvalue weighted by Gasteiger charge is -2.24. The van der Waals surface area contributed by atoms with E-state index in [0.29, 0.717) is 25.8 Å². The van der Waals surface area contributed by atoms with Crippen LogP contribution in [-0.4, -0.2) is 73.0 Å². The van der Waals surface area contributed by atoms with E-state index in [2.05, 4.69) is 32.0 Å². The van der Waals surface area contributed by atoms with Crippen molar-refractivity contribution in [1.82, 2.24) is 10.9 Å². The van der Waals surface area contributed by atoms with E-state index in [1.165, 1.54) is 0 Å². The molecule has 8 nitrogen and oxygen atoms in total. The zero-order valence-electron chi connectivity index (χ0n) is 13.8. The topological polar surface area (TPSA) is 125 Å². The maximum atomic E-state index is 11.2. The molecule has 0 saturated heterocycles. The van der Waals surface area contributed by atoms with Crippen LogP contribution in [0, 0.1) is 0 Å². The third-order valence-electron chi connectivity index (χ3n) is 3.30. The summed E-state index contributed by atoms with van der Waals surface area (Å²) in [6.45, 7) is 1.37. The standard InChI is InChI=1S/C14H30N4O4/c1-18(2,3)10-5-4-7-11(13(19)20)16-17-12(14(21)22)8-6-9-15/h11-12,16-17H,4-10,15H2,1-3H3,(H-,19,20,21,22)/p+1/t11-,12-/m0/s1. The van der Waals surface area contributed by atoms with Crippen molar-refractivity contribution < 1.29 is 24.3 Å². The number of carbonyl (C=O) groups is 2. The van der Waals surface area contributed by atoms with Gasteiger partial charge in [0.1, 0.15) is 12.1 Å². The molecule has 0 heterocycles. The van der Waals surface area contributed by atoms with Crippen molar-refractivity contribution in [2.75, 3.05) is 34.2 Å². The van der Waals surface area contributed by atoms with Gasteiger partial charge in [-0.05, 0) is 38.6 Å². The summed E-state index contributed by atoms with van der Waals surface area (Å²) in [5, 5.41) is 18.2. The molecule has 8 heteroatoms. The van der Waals surface area contributed by atoms with Crippen molar-refractivity contribution in [3.8, 4) is 0 Å². The summed E-state index contributed by atoms with van der Waals surface area (Å²) >= 11 is 0. The summed E-state index contributed by atoms with van der Waals surface area (Å²) in [6.07, 6.45) is 3.05. The fourth-order valence-corrected chi connectivity index (χ4v) is 1.97. The van der Waals surface area contributed by atoms with Crippen LogP contribution in [0.25, 0.3) is 0 Å². The molecule has 6 N–H and O–H groups in total. The molecule has 0 bridgehead atoms. The molecule has 0 aliphatic heterocycles. The summed E-state index contributed by atoms with van der Waals surface area (Å²) < 4.78 is 0.837. The Balaban J connectivity index is 4.22. The number of quaternary nitrogens is 1. The molecule has 0 spiro atoms. The minimum Gasteiger partial charge on any atom is -0.480 e. The van der Waals surface area contributed by atoms with Crippen molar-refractivity contribution in [3.05, 3.63) is 0 Å². The molecular formula is C14H31N4O4+. The number of hydrogen-bond acceptors (Lipinski definition) is 5. The highest BCUT2D eigenvalue weighted by atomic mass is 16.4. The van der Waals surface area contributed by atoms with Crippen molar-refractivity contribution >= 4 is 11.9 Å². The Morgan fingerprint density at radius 1 is 0.955 bits per heavy atom. The summed E-state index contributed by atoms with van der Waals surface area (Å²) in [6, 6.07) is -1.64. The first kappa shape index (κ1) is 20.8. The second-order valence-electron chi connectivity index (χ2n) is 6.51. The molecule has 0 amide bonds. The van der Waals surface area contributed by atoms with Gasteiger partial charge >= 0.3 is 11.9 Å². The molecule has 0 fully saturated rings. The Labute approximate surface area is 132 Å². The summed E-state index contributed by atoms with van der Waals surface area (Å²) in [4.78, 5) is 22.3. The predicted octanol–water partition coefficient (Wildman–Crippen LogP) is -0.398. The summed E-state index contributed by atoms with van der Waals surface area (Å²) in [5.41, 5.74) is 10.6. The van der Waals surface area contributed by atoms with E-state index >= 15 is 0 Å². The zero-order valence-corrected chi connectivity index (χ0v) is 13.8. The van der Waals surface area contributed by atoms with Gasteiger partial charge in [-0.25, -0.2) is 10.9 Å². The molecule has 2 atom stereocenters. The van der Waals surface area contributed by atoms with E-state index in [4.69, 9.17) is 10.8 Å². The average Bonchev–Trinajstić information content (AvgIpc) is 2.38. The smallest absolute Gasteiger partial charge is 0.322 e. The minimum atomic E-state index is -1.02. The van der Waals surface area contributed by atoms with E-state index < -0.39 is 24.0 Å². The van der Waals surface area contributed by atoms with E-state index in [1.54, 1.807) is 0 Å². The van der Waals surface area contributed by atoms with Crippen LogP contribution in [0.2, 0.25) is 0 Å². The monoisotopic (exact) mass is 319 g/mol. The molecule has 0 unspecified atom stereocenters. The second-order valence-corrected chi connectivity index (χ2v) is 6.51. The molecule has 0 rings (SSSR count). The van der Waals surface area contributed by atoms with Crippen molar-refractivity contribution in [1.29, 1.82) is 0 Å². The molecular weight excluding hydrogens is 288 g/mol. The fraction of sp³-hybridized carbons (Fsp3) is 0.857. The third kappa shape index (κ3) is 10.5. The average molecular weight is 319 g/mol. The van der Waals surface area contributed by atoms with Crippen molar-refractivity contribution in [3.63, 3.8) is 0 Å². The number of hydrazine groups is 1. The number of rotatable bonds is 13. The van der Waals surface area contributed by atoms with Crippen LogP contribution >= 0.6 is 0 Å². The molecule has 0 aromatic heterocycles. The maximum absolute atomic E-state index is 11.2. The summed E-state index contributed by atoms with van der Waals surface area (Å²) in [7, 11) is 6.26. The number of nitrogens with zero attached hydrogens (tertiary/aromatic N) is 1. The van der Waals surface area contributed by atoms with Gasteiger partial charge in [0.05, 0.1) is 27.7 Å². The third-order valence-corrected chi connectivity index (χ3v) is 3.30. The van der Waals surface area contributed by atoms with Gasteiger partial charge in [-0.2, -0.15) is 0 Å². The number of nitrogens with two attached hydrogens (primary N) is 1. The molecule has 0 aliphatic carbocycles. The predicted molar refractivity (Wildman–Crippen MR) is 84.2 cm³/mol. The lowest BCUT2D eigenvalue weighted by molar-refractivity contribution is -0.870. The molecule has 0 aliphatic rings. The first-order valence-electron chi connectivity index (χ1n) is 7.64. The Kier molecular flexibility index (Phi) is 9.91. The second kappa shape index (κ2) is 10.5. The first-order chi connectivity index (χ1) is 10.2. The molecule has 130 valence electrons. The van der Waals surface area contributed by atoms with Crippen molar-refractivity contribution in [2.45, 2.75) is 44.2 Å². The Bertz CT molecular complexity index is 344. The zero-order chi connectivity index (χ0) is 17.2. The van der Waals surface area contributed by atoms with Crippen LogP contribution in [0.1, 0.15) is 32.1 Å². The number of carboxylic acid groups (broad SMARTS) is 2. The van der Waals surface area contributed by atoms with Gasteiger partial charge in [0, 0.05) is 0 Å². The maximum Gasteiger partial charge on any atom is 0.322 e. The van der Waals surface area contributed by atoms with Crippen molar-refractivity contribution in [2.24, 2.45) is 5.73 Å². The number of nitrogens with one attached hydrogen (secondary N) is 2. The van der Waals surface area contributed by atoms with Crippen LogP contribution < -0.4 is 16.6 Å². The minimum absolute atomic E-state index is 0.354. The van der Waals surface area contributed by atoms with Gasteiger partial charge in [0.15, 0.2) is 0 Å². The van der Waals surface area contributed by atoms with Gasteiger partial charge in [0.25, 0.3) is 0 Å². The Morgan fingerprint density at radius 2 is 1.41 bits per heavy atom. The largest absolute Gasteiger partial charge is 0.480 e. The van der Waals surface area contributed by atoms with Gasteiger partial charge in [0.2, 0.25) is 0 Å². The highest BCUT2D eigenvalue weighted by Gasteiger charge is 2.21. The highest BCUT2D eigenvalue weighted by Crippen LogP contribution is 2.05. The van der Waals surface area contributed by atoms with Gasteiger partial charge in [-0.1, -0.05) is 0 Å². The van der Waals surface area contributed by atoms with Crippen LogP contribution in [0.3, 0.4) is 0 Å². The SMILES string of the molecule is C[N+](C)(C)CCCC[C@H](NN[C@@H](CCCN)C(=O)O)C(=O)O. The normalized spacial score (nSPS) is 14.5. The van der Waals surface area contributed by atoms with Gasteiger partial charge in [-0.3, -0.25) is 9.59 Å². The summed E-state index contributed by atoms with van der Waals surface area (Å²) in [5.74, 6) is -2.00.